The topological polar surface area (TPSA) is 20.2 Å². The molecule has 0 aromatic carbocycles. The average Bonchev–Trinajstić information content (AvgIpc) is 3.07. The lowest BCUT2D eigenvalue weighted by atomic mass is 9.73. The molecule has 0 aliphatic rings. The quantitative estimate of drug-likeness (QED) is 0.232. The molecule has 9 atom stereocenters. The summed E-state index contributed by atoms with van der Waals surface area (Å²) in [6.07, 6.45) is 7.71. The third kappa shape index (κ3) is 52.9. The molecule has 0 aromatic rings. The molecule has 1 N–H and O–H groups in total. The Hall–Kier alpha value is -0.0400. The van der Waals surface area contributed by atoms with Crippen molar-refractivity contribution in [3.8, 4) is 0 Å². The van der Waals surface area contributed by atoms with Crippen LogP contribution in [0.5, 0.6) is 0 Å². The summed E-state index contributed by atoms with van der Waals surface area (Å²) in [6, 6.07) is 0. The predicted octanol–water partition coefficient (Wildman–Crippen LogP) is 23.1. The van der Waals surface area contributed by atoms with Gasteiger partial charge in [-0.15, -0.1) is 0 Å². The minimum atomic E-state index is -0.190. The largest absolute Gasteiger partial charge is 0.393 e. The Balaban J connectivity index is -0.0000000956. The van der Waals surface area contributed by atoms with E-state index >= 15 is 0 Å². The predicted molar refractivity (Wildman–Crippen MR) is 308 cm³/mol. The van der Waals surface area contributed by atoms with E-state index in [1.54, 1.807) is 0 Å². The van der Waals surface area contributed by atoms with Crippen molar-refractivity contribution in [1.82, 2.24) is 0 Å². The zero-order valence-electron chi connectivity index (χ0n) is 52.5. The fourth-order valence-electron chi connectivity index (χ4n) is 6.71. The van der Waals surface area contributed by atoms with Crippen LogP contribution in [0.25, 0.3) is 0 Å². The normalized spacial score (nSPS) is 16.6. The second kappa shape index (κ2) is 36.9. The van der Waals surface area contributed by atoms with Gasteiger partial charge in [-0.1, -0.05) is 289 Å². The van der Waals surface area contributed by atoms with Crippen LogP contribution < -0.4 is 0 Å². The average molecular weight is 916 g/mol. The lowest BCUT2D eigenvalue weighted by Crippen LogP contribution is -2.27. The van der Waals surface area contributed by atoms with Crippen molar-refractivity contribution in [3.05, 3.63) is 0 Å². The fraction of sp³-hybridized carbons (Fsp3) is 1.00. The summed E-state index contributed by atoms with van der Waals surface area (Å²) in [7, 11) is 0. The van der Waals surface area contributed by atoms with Gasteiger partial charge in [-0.05, 0) is 117 Å². The summed E-state index contributed by atoms with van der Waals surface area (Å²) < 4.78 is 0. The summed E-state index contributed by atoms with van der Waals surface area (Å²) in [4.78, 5) is 0. The van der Waals surface area contributed by atoms with E-state index in [0.29, 0.717) is 38.4 Å². The monoisotopic (exact) mass is 915 g/mol. The molecule has 0 heterocycles. The molecular formula is C63H142O. The molecule has 0 aliphatic heterocycles. The van der Waals surface area contributed by atoms with Gasteiger partial charge in [0.1, 0.15) is 0 Å². The number of hydrogen-bond acceptors (Lipinski definition) is 1. The highest BCUT2D eigenvalue weighted by Gasteiger charge is 2.27. The van der Waals surface area contributed by atoms with Crippen molar-refractivity contribution in [2.45, 2.75) is 315 Å². The Morgan fingerprint density at radius 1 is 0.344 bits per heavy atom. The van der Waals surface area contributed by atoms with Crippen molar-refractivity contribution < 1.29 is 5.11 Å². The van der Waals surface area contributed by atoms with Gasteiger partial charge in [-0.25, -0.2) is 0 Å². The highest BCUT2D eigenvalue weighted by molar-refractivity contribution is 4.77. The maximum atomic E-state index is 9.16. The van der Waals surface area contributed by atoms with E-state index in [9.17, 15) is 0 Å². The Kier molecular flexibility index (Phi) is 46.6. The summed E-state index contributed by atoms with van der Waals surface area (Å²) in [5, 5.41) is 9.16. The Bertz CT molecular complexity index is 918. The molecule has 0 saturated carbocycles. The van der Waals surface area contributed by atoms with Gasteiger partial charge in [-0.2, -0.15) is 0 Å². The molecule has 0 spiro atoms. The first kappa shape index (κ1) is 81.0. The molecule has 1 nitrogen and oxygen atoms in total. The SMILES string of the molecule is C.CC(C)C[C@@H](C)[C@H](C)C(C)(C)C.CC(C)[C@H](C)C(C)(C)C.CCCC(C)(C)C.CC[C@@H](C)C(C)(C)C.CC[C@H](C)C(C)(C)C.CC[C@H](C)[C@H](C)C(C)(C)C.C[C@@H](O)[C@H](C)C(C)(C)C. The smallest absolute Gasteiger partial charge is 0.0542 e. The van der Waals surface area contributed by atoms with E-state index in [2.05, 4.69) is 256 Å². The van der Waals surface area contributed by atoms with Crippen LogP contribution in [0.4, 0.5) is 0 Å². The number of hydrogen-bond donors (Lipinski definition) is 1. The zero-order chi connectivity index (χ0) is 53.1. The molecule has 0 amide bonds. The number of aliphatic hydroxyl groups excluding tert-OH is 1. The van der Waals surface area contributed by atoms with E-state index in [1.807, 2.05) is 6.92 Å². The van der Waals surface area contributed by atoms with Gasteiger partial charge in [0, 0.05) is 0 Å². The summed E-state index contributed by atoms with van der Waals surface area (Å²) in [6.45, 7) is 86.4. The van der Waals surface area contributed by atoms with Crippen LogP contribution in [0.1, 0.15) is 309 Å². The van der Waals surface area contributed by atoms with E-state index < -0.39 is 0 Å². The van der Waals surface area contributed by atoms with Crippen molar-refractivity contribution in [3.63, 3.8) is 0 Å². The molecule has 0 bridgehead atoms. The molecular weight excluding hydrogens is 773 g/mol. The van der Waals surface area contributed by atoms with Crippen molar-refractivity contribution >= 4 is 0 Å². The molecule has 1 heteroatoms. The van der Waals surface area contributed by atoms with Crippen LogP contribution >= 0.6 is 0 Å². The molecule has 0 saturated heterocycles. The molecule has 0 aromatic heterocycles. The minimum absolute atomic E-state index is 0. The molecule has 0 unspecified atom stereocenters. The third-order valence-electron chi connectivity index (χ3n) is 15.6. The van der Waals surface area contributed by atoms with Crippen molar-refractivity contribution in [1.29, 1.82) is 0 Å². The first-order valence-electron chi connectivity index (χ1n) is 27.1. The van der Waals surface area contributed by atoms with E-state index in [4.69, 9.17) is 5.11 Å². The van der Waals surface area contributed by atoms with Gasteiger partial charge in [0.2, 0.25) is 0 Å². The van der Waals surface area contributed by atoms with Gasteiger partial charge in [-0.3, -0.25) is 0 Å². The van der Waals surface area contributed by atoms with Crippen LogP contribution in [0, 0.1) is 97.1 Å². The lowest BCUT2D eigenvalue weighted by Gasteiger charge is -2.33. The summed E-state index contributed by atoms with van der Waals surface area (Å²) in [5.41, 5.74) is 3.23. The highest BCUT2D eigenvalue weighted by atomic mass is 16.3. The Morgan fingerprint density at radius 2 is 0.609 bits per heavy atom. The maximum Gasteiger partial charge on any atom is 0.0542 e. The second-order valence-electron chi connectivity index (χ2n) is 29.3. The number of rotatable bonds is 10. The lowest BCUT2D eigenvalue weighted by molar-refractivity contribution is 0.0685. The molecule has 0 rings (SSSR count). The van der Waals surface area contributed by atoms with Crippen LogP contribution in [0.3, 0.4) is 0 Å². The molecule has 400 valence electrons. The summed E-state index contributed by atoms with van der Waals surface area (Å²) in [5.74, 6) is 7.90. The van der Waals surface area contributed by atoms with E-state index in [-0.39, 0.29) is 18.9 Å². The standard InChI is InChI=1S/C12H26.C10H22.C9H20.C8H18O.2C8H18.C7H16.CH4/c1-9(2)8-10(3)11(4)12(5,6)7;1-7-8(2)9(3)10(4,5)6;1-7(2)8(3)9(4,5)6;1-6(7(2)9)8(3,4)5;2*1-6-7(2)8(3,4)5;1-5-6-7(2,3)4;/h9-11H,8H2,1-7H3;8-9H,7H2,1-6H3;7-8H,1-6H3;6-7,9H,1-5H3;2*7H,6H2,1-5H3;5-6H2,1-4H3;1H4/t10-,11+;8-,9-;8-;6-,7+;2*7-;;/m100010../s1. The van der Waals surface area contributed by atoms with Gasteiger partial charge in [0.25, 0.3) is 0 Å². The zero-order valence-corrected chi connectivity index (χ0v) is 52.5. The first-order valence-corrected chi connectivity index (χ1v) is 27.1. The van der Waals surface area contributed by atoms with E-state index in [1.165, 1.54) is 38.5 Å². The van der Waals surface area contributed by atoms with Crippen molar-refractivity contribution in [2.24, 2.45) is 97.1 Å². The van der Waals surface area contributed by atoms with Crippen LogP contribution in [-0.2, 0) is 0 Å². The molecule has 0 aliphatic carbocycles. The van der Waals surface area contributed by atoms with Gasteiger partial charge < -0.3 is 5.11 Å². The highest BCUT2D eigenvalue weighted by Crippen LogP contribution is 2.35. The fourth-order valence-corrected chi connectivity index (χ4v) is 6.71. The van der Waals surface area contributed by atoms with Crippen LogP contribution in [0.2, 0.25) is 0 Å². The Morgan fingerprint density at radius 3 is 0.672 bits per heavy atom. The molecule has 0 fully saturated rings. The molecule has 64 heavy (non-hydrogen) atoms. The van der Waals surface area contributed by atoms with Gasteiger partial charge in [0.05, 0.1) is 6.10 Å². The van der Waals surface area contributed by atoms with Gasteiger partial charge in [0.15, 0.2) is 0 Å². The van der Waals surface area contributed by atoms with Crippen molar-refractivity contribution in [2.75, 3.05) is 0 Å². The third-order valence-corrected chi connectivity index (χ3v) is 15.6. The first-order chi connectivity index (χ1) is 27.4. The van der Waals surface area contributed by atoms with Gasteiger partial charge >= 0.3 is 0 Å². The van der Waals surface area contributed by atoms with Crippen LogP contribution in [-0.4, -0.2) is 11.2 Å². The number of aliphatic hydroxyl groups is 1. The second-order valence-corrected chi connectivity index (χ2v) is 29.3. The van der Waals surface area contributed by atoms with Crippen LogP contribution in [0.15, 0.2) is 0 Å². The Labute approximate surface area is 415 Å². The molecule has 0 radical (unpaired) electrons. The van der Waals surface area contributed by atoms with E-state index in [0.717, 1.165) is 53.3 Å². The summed E-state index contributed by atoms with van der Waals surface area (Å²) >= 11 is 0. The minimum Gasteiger partial charge on any atom is -0.393 e. The maximum absolute atomic E-state index is 9.16.